The molecule has 174 valence electrons. The number of pyridine rings is 1. The summed E-state index contributed by atoms with van der Waals surface area (Å²) in [5.41, 5.74) is 1.90. The molecule has 0 saturated carbocycles. The number of amides is 1. The highest BCUT2D eigenvalue weighted by atomic mass is 32.1. The van der Waals surface area contributed by atoms with Crippen molar-refractivity contribution in [3.8, 4) is 11.5 Å². The Morgan fingerprint density at radius 1 is 1.15 bits per heavy atom. The number of aryl methyl sites for hydroxylation is 1. The van der Waals surface area contributed by atoms with Crippen LogP contribution in [-0.4, -0.2) is 53.7 Å². The molecule has 0 aliphatic carbocycles. The Kier molecular flexibility index (Phi) is 6.27. The molecule has 9 heteroatoms. The van der Waals surface area contributed by atoms with E-state index in [1.165, 1.54) is 11.3 Å². The second kappa shape index (κ2) is 9.64. The zero-order chi connectivity index (χ0) is 23.5. The van der Waals surface area contributed by atoms with Gasteiger partial charge in [-0.3, -0.25) is 9.78 Å². The van der Waals surface area contributed by atoms with Gasteiger partial charge >= 0.3 is 0 Å². The van der Waals surface area contributed by atoms with E-state index < -0.39 is 0 Å². The average Bonchev–Trinajstić information content (AvgIpc) is 3.23. The molecule has 1 amide bonds. The lowest BCUT2D eigenvalue weighted by Gasteiger charge is -2.26. The number of hydrogen-bond acceptors (Lipinski definition) is 8. The molecule has 1 N–H and O–H groups in total. The Balaban J connectivity index is 1.28. The van der Waals surface area contributed by atoms with Crippen molar-refractivity contribution in [2.45, 2.75) is 19.4 Å². The number of rotatable bonds is 7. The molecule has 0 unspecified atom stereocenters. The lowest BCUT2D eigenvalue weighted by atomic mass is 10.1. The number of ether oxygens (including phenoxy) is 2. The quantitative estimate of drug-likeness (QED) is 0.436. The van der Waals surface area contributed by atoms with Gasteiger partial charge in [0.05, 0.1) is 16.8 Å². The van der Waals surface area contributed by atoms with Gasteiger partial charge in [0.2, 0.25) is 0 Å². The molecule has 0 bridgehead atoms. The Bertz CT molecular complexity index is 1310. The van der Waals surface area contributed by atoms with Crippen LogP contribution in [0.15, 0.2) is 55.0 Å². The number of anilines is 1. The number of likely N-dealkylation sites (N-methyl/N-ethyl adjacent to an activating group) is 1. The lowest BCUT2D eigenvalue weighted by Crippen LogP contribution is -2.40. The van der Waals surface area contributed by atoms with Crippen molar-refractivity contribution in [2.75, 3.05) is 31.6 Å². The van der Waals surface area contributed by atoms with Crippen molar-refractivity contribution in [2.24, 2.45) is 0 Å². The van der Waals surface area contributed by atoms with Gasteiger partial charge in [0.15, 0.2) is 11.5 Å². The molecule has 1 aliphatic rings. The molecule has 8 nitrogen and oxygen atoms in total. The third kappa shape index (κ3) is 4.51. The van der Waals surface area contributed by atoms with Gasteiger partial charge in [-0.25, -0.2) is 9.97 Å². The summed E-state index contributed by atoms with van der Waals surface area (Å²) in [6.45, 7) is 3.44. The molecule has 0 spiro atoms. The summed E-state index contributed by atoms with van der Waals surface area (Å²) < 4.78 is 11.7. The summed E-state index contributed by atoms with van der Waals surface area (Å²) in [4.78, 5) is 29.9. The number of para-hydroxylation sites is 2. The van der Waals surface area contributed by atoms with E-state index in [1.807, 2.05) is 56.4 Å². The van der Waals surface area contributed by atoms with Gasteiger partial charge in [0.1, 0.15) is 29.7 Å². The first kappa shape index (κ1) is 22.1. The standard InChI is InChI=1S/C25H25N5O3S/c1-16-21-23(30(2)12-10-17-7-5-6-11-26-17)28-15-29-25(21)34-22(16)24(31)27-13-18-14-32-19-8-3-4-9-20(19)33-18/h3-9,11,15,18H,10,12-14H2,1-2H3,(H,27,31)/t18-/m1/s1. The third-order valence-electron chi connectivity index (χ3n) is 5.76. The largest absolute Gasteiger partial charge is 0.486 e. The predicted molar refractivity (Wildman–Crippen MR) is 132 cm³/mol. The molecule has 1 aromatic carbocycles. The third-order valence-corrected chi connectivity index (χ3v) is 6.96. The molecule has 4 heterocycles. The van der Waals surface area contributed by atoms with Crippen molar-refractivity contribution < 1.29 is 14.3 Å². The fraction of sp³-hybridized carbons (Fsp3) is 0.280. The predicted octanol–water partition coefficient (Wildman–Crippen LogP) is 3.64. The minimum absolute atomic E-state index is 0.148. The molecular formula is C25H25N5O3S. The fourth-order valence-electron chi connectivity index (χ4n) is 3.94. The summed E-state index contributed by atoms with van der Waals surface area (Å²) in [7, 11) is 2.00. The van der Waals surface area contributed by atoms with Crippen molar-refractivity contribution in [1.82, 2.24) is 20.3 Å². The lowest BCUT2D eigenvalue weighted by molar-refractivity contribution is 0.0791. The topological polar surface area (TPSA) is 89.5 Å². The highest BCUT2D eigenvalue weighted by Gasteiger charge is 2.24. The number of hydrogen-bond donors (Lipinski definition) is 1. The zero-order valence-corrected chi connectivity index (χ0v) is 19.8. The number of fused-ring (bicyclic) bond motifs is 2. The fourth-order valence-corrected chi connectivity index (χ4v) is 5.00. The van der Waals surface area contributed by atoms with Crippen LogP contribution in [0.3, 0.4) is 0 Å². The highest BCUT2D eigenvalue weighted by molar-refractivity contribution is 7.20. The smallest absolute Gasteiger partial charge is 0.261 e. The van der Waals surface area contributed by atoms with Gasteiger partial charge in [-0.15, -0.1) is 11.3 Å². The number of benzene rings is 1. The van der Waals surface area contributed by atoms with Crippen LogP contribution in [0.2, 0.25) is 0 Å². The molecule has 4 aromatic rings. The first-order chi connectivity index (χ1) is 16.6. The van der Waals surface area contributed by atoms with Crippen molar-refractivity contribution in [1.29, 1.82) is 0 Å². The summed E-state index contributed by atoms with van der Waals surface area (Å²) in [5, 5.41) is 3.90. The van der Waals surface area contributed by atoms with Gasteiger partial charge in [0, 0.05) is 31.9 Å². The van der Waals surface area contributed by atoms with Crippen LogP contribution in [-0.2, 0) is 6.42 Å². The zero-order valence-electron chi connectivity index (χ0n) is 19.0. The monoisotopic (exact) mass is 475 g/mol. The number of carbonyl (C=O) groups excluding carboxylic acids is 1. The van der Waals surface area contributed by atoms with Crippen LogP contribution >= 0.6 is 11.3 Å². The minimum atomic E-state index is -0.249. The van der Waals surface area contributed by atoms with E-state index in [2.05, 4.69) is 25.2 Å². The molecule has 1 atom stereocenters. The number of carbonyl (C=O) groups is 1. The molecule has 5 rings (SSSR count). The highest BCUT2D eigenvalue weighted by Crippen LogP contribution is 2.35. The second-order valence-corrected chi connectivity index (χ2v) is 9.13. The van der Waals surface area contributed by atoms with Crippen LogP contribution in [0.25, 0.3) is 10.2 Å². The SMILES string of the molecule is Cc1c(C(=O)NC[C@@H]2COc3ccccc3O2)sc2ncnc(N(C)CCc3ccccn3)c12. The Morgan fingerprint density at radius 2 is 1.97 bits per heavy atom. The summed E-state index contributed by atoms with van der Waals surface area (Å²) in [5.74, 6) is 2.09. The van der Waals surface area contributed by atoms with Crippen LogP contribution in [0, 0.1) is 6.92 Å². The maximum atomic E-state index is 13.0. The van der Waals surface area contributed by atoms with Crippen LogP contribution in [0.1, 0.15) is 20.9 Å². The minimum Gasteiger partial charge on any atom is -0.486 e. The normalized spacial score (nSPS) is 14.7. The van der Waals surface area contributed by atoms with E-state index in [1.54, 1.807) is 12.5 Å². The number of nitrogens with one attached hydrogen (secondary N) is 1. The van der Waals surface area contributed by atoms with Crippen LogP contribution in [0.4, 0.5) is 5.82 Å². The van der Waals surface area contributed by atoms with E-state index >= 15 is 0 Å². The first-order valence-electron chi connectivity index (χ1n) is 11.1. The maximum absolute atomic E-state index is 13.0. The Morgan fingerprint density at radius 3 is 2.79 bits per heavy atom. The van der Waals surface area contributed by atoms with Gasteiger partial charge in [-0.05, 0) is 36.8 Å². The molecule has 0 radical (unpaired) electrons. The van der Waals surface area contributed by atoms with Gasteiger partial charge in [-0.2, -0.15) is 0 Å². The van der Waals surface area contributed by atoms with Crippen LogP contribution in [0.5, 0.6) is 11.5 Å². The average molecular weight is 476 g/mol. The Hall–Kier alpha value is -3.72. The molecule has 34 heavy (non-hydrogen) atoms. The van der Waals surface area contributed by atoms with Crippen molar-refractivity contribution in [3.63, 3.8) is 0 Å². The number of nitrogens with zero attached hydrogens (tertiary/aromatic N) is 4. The maximum Gasteiger partial charge on any atom is 0.261 e. The molecule has 1 aliphatic heterocycles. The van der Waals surface area contributed by atoms with E-state index in [4.69, 9.17) is 9.47 Å². The van der Waals surface area contributed by atoms with Gasteiger partial charge in [-0.1, -0.05) is 18.2 Å². The van der Waals surface area contributed by atoms with Crippen molar-refractivity contribution in [3.05, 3.63) is 71.1 Å². The van der Waals surface area contributed by atoms with E-state index in [-0.39, 0.29) is 12.0 Å². The summed E-state index contributed by atoms with van der Waals surface area (Å²) >= 11 is 1.38. The van der Waals surface area contributed by atoms with E-state index in [0.29, 0.717) is 23.8 Å². The van der Waals surface area contributed by atoms with E-state index in [0.717, 1.165) is 46.0 Å². The summed E-state index contributed by atoms with van der Waals surface area (Å²) in [6, 6.07) is 13.5. The molecule has 0 saturated heterocycles. The van der Waals surface area contributed by atoms with Gasteiger partial charge < -0.3 is 19.7 Å². The van der Waals surface area contributed by atoms with Crippen LogP contribution < -0.4 is 19.7 Å². The van der Waals surface area contributed by atoms with Gasteiger partial charge in [0.25, 0.3) is 5.91 Å². The van der Waals surface area contributed by atoms with E-state index in [9.17, 15) is 4.79 Å². The summed E-state index contributed by atoms with van der Waals surface area (Å²) in [6.07, 6.45) is 3.90. The number of thiophene rings is 1. The van der Waals surface area contributed by atoms with Crippen molar-refractivity contribution >= 4 is 33.3 Å². The first-order valence-corrected chi connectivity index (χ1v) is 11.9. The second-order valence-electron chi connectivity index (χ2n) is 8.13. The Labute approximate surface area is 201 Å². The number of aromatic nitrogens is 3. The molecule has 0 fully saturated rings. The molecular weight excluding hydrogens is 450 g/mol. The molecule has 3 aromatic heterocycles.